The van der Waals surface area contributed by atoms with Crippen LogP contribution in [0.2, 0.25) is 10.0 Å². The van der Waals surface area contributed by atoms with Gasteiger partial charge in [0.2, 0.25) is 0 Å². The third-order valence-electron chi connectivity index (χ3n) is 2.65. The summed E-state index contributed by atoms with van der Waals surface area (Å²) in [5, 5.41) is 3.54. The van der Waals surface area contributed by atoms with Crippen molar-refractivity contribution in [3.8, 4) is 5.75 Å². The number of rotatable bonds is 3. The molecule has 6 heteroatoms. The van der Waals surface area contributed by atoms with Crippen molar-refractivity contribution in [2.75, 3.05) is 18.2 Å². The van der Waals surface area contributed by atoms with Crippen LogP contribution in [0, 0.1) is 0 Å². The highest BCUT2D eigenvalue weighted by Gasteiger charge is 2.14. The summed E-state index contributed by atoms with van der Waals surface area (Å²) < 4.78 is 5.14. The molecule has 2 aromatic rings. The van der Waals surface area contributed by atoms with Gasteiger partial charge in [-0.05, 0) is 36.4 Å². The molecule has 0 bridgehead atoms. The Morgan fingerprint density at radius 3 is 2.60 bits per heavy atom. The molecule has 2 aromatic carbocycles. The monoisotopic (exact) mass is 310 g/mol. The van der Waals surface area contributed by atoms with Crippen molar-refractivity contribution in [3.63, 3.8) is 0 Å². The molecule has 0 heterocycles. The third-order valence-corrected chi connectivity index (χ3v) is 3.20. The molecule has 4 nitrogen and oxygen atoms in total. The maximum Gasteiger partial charge on any atom is 0.259 e. The van der Waals surface area contributed by atoms with E-state index in [2.05, 4.69) is 5.32 Å². The standard InChI is InChI=1S/C14H12Cl2N2O2/c1-20-13-5-3-9(17)7-10(13)14(19)18-12-4-2-8(15)6-11(12)16/h2-7H,17H2,1H3,(H,18,19). The highest BCUT2D eigenvalue weighted by atomic mass is 35.5. The molecule has 0 radical (unpaired) electrons. The summed E-state index contributed by atoms with van der Waals surface area (Å²) in [6, 6.07) is 9.65. The second kappa shape index (κ2) is 6.03. The Morgan fingerprint density at radius 2 is 1.95 bits per heavy atom. The molecule has 0 aromatic heterocycles. The van der Waals surface area contributed by atoms with Crippen LogP contribution in [-0.2, 0) is 0 Å². The number of carbonyl (C=O) groups excluding carboxylic acids is 1. The predicted molar refractivity (Wildman–Crippen MR) is 81.8 cm³/mol. The first-order valence-electron chi connectivity index (χ1n) is 5.71. The molecule has 0 saturated heterocycles. The van der Waals surface area contributed by atoms with Crippen molar-refractivity contribution in [3.05, 3.63) is 52.0 Å². The third kappa shape index (κ3) is 3.15. The molecule has 0 unspecified atom stereocenters. The Kier molecular flexibility index (Phi) is 4.37. The Morgan fingerprint density at radius 1 is 1.20 bits per heavy atom. The van der Waals surface area contributed by atoms with Crippen molar-refractivity contribution in [2.24, 2.45) is 0 Å². The number of nitrogen functional groups attached to an aromatic ring is 1. The fraction of sp³-hybridized carbons (Fsp3) is 0.0714. The molecular formula is C14H12Cl2N2O2. The molecule has 0 fully saturated rings. The van der Waals surface area contributed by atoms with Crippen LogP contribution in [0.4, 0.5) is 11.4 Å². The number of nitrogens with two attached hydrogens (primary N) is 1. The molecule has 104 valence electrons. The molecule has 3 N–H and O–H groups in total. The molecule has 20 heavy (non-hydrogen) atoms. The van der Waals surface area contributed by atoms with E-state index in [-0.39, 0.29) is 5.91 Å². The van der Waals surface area contributed by atoms with Gasteiger partial charge in [-0.2, -0.15) is 0 Å². The van der Waals surface area contributed by atoms with Gasteiger partial charge in [-0.3, -0.25) is 4.79 Å². The normalized spacial score (nSPS) is 10.2. The highest BCUT2D eigenvalue weighted by molar-refractivity contribution is 6.36. The topological polar surface area (TPSA) is 64.3 Å². The molecular weight excluding hydrogens is 299 g/mol. The number of carbonyl (C=O) groups is 1. The van der Waals surface area contributed by atoms with Crippen molar-refractivity contribution in [2.45, 2.75) is 0 Å². The van der Waals surface area contributed by atoms with Gasteiger partial charge in [0.15, 0.2) is 0 Å². The lowest BCUT2D eigenvalue weighted by Gasteiger charge is -2.11. The largest absolute Gasteiger partial charge is 0.496 e. The van der Waals surface area contributed by atoms with E-state index in [0.29, 0.717) is 32.7 Å². The van der Waals surface area contributed by atoms with E-state index in [1.807, 2.05) is 0 Å². The molecule has 0 aliphatic rings. The van der Waals surface area contributed by atoms with Gasteiger partial charge in [0.25, 0.3) is 5.91 Å². The SMILES string of the molecule is COc1ccc(N)cc1C(=O)Nc1ccc(Cl)cc1Cl. The molecule has 0 spiro atoms. The first-order valence-corrected chi connectivity index (χ1v) is 6.47. The quantitative estimate of drug-likeness (QED) is 0.847. The van der Waals surface area contributed by atoms with Crippen LogP contribution in [0.3, 0.4) is 0 Å². The molecule has 0 atom stereocenters. The van der Waals surface area contributed by atoms with Crippen LogP contribution in [-0.4, -0.2) is 13.0 Å². The summed E-state index contributed by atoms with van der Waals surface area (Å²) in [4.78, 5) is 12.2. The highest BCUT2D eigenvalue weighted by Crippen LogP contribution is 2.27. The van der Waals surface area contributed by atoms with E-state index in [9.17, 15) is 4.79 Å². The van der Waals surface area contributed by atoms with E-state index in [0.717, 1.165) is 0 Å². The van der Waals surface area contributed by atoms with Crippen molar-refractivity contribution >= 4 is 40.5 Å². The number of amides is 1. The maximum absolute atomic E-state index is 12.2. The summed E-state index contributed by atoms with van der Waals surface area (Å²) in [5.74, 6) is 0.0696. The van der Waals surface area contributed by atoms with E-state index in [4.69, 9.17) is 33.7 Å². The number of hydrogen-bond donors (Lipinski definition) is 2. The van der Waals surface area contributed by atoms with Crippen LogP contribution >= 0.6 is 23.2 Å². The molecule has 1 amide bonds. The number of methoxy groups -OCH3 is 1. The number of benzene rings is 2. The minimum absolute atomic E-state index is 0.332. The summed E-state index contributed by atoms with van der Waals surface area (Å²) in [6.07, 6.45) is 0. The van der Waals surface area contributed by atoms with Gasteiger partial charge in [-0.15, -0.1) is 0 Å². The molecule has 0 saturated carbocycles. The zero-order chi connectivity index (χ0) is 14.7. The summed E-state index contributed by atoms with van der Waals surface area (Å²) in [5.41, 5.74) is 6.95. The Hall–Kier alpha value is -1.91. The summed E-state index contributed by atoms with van der Waals surface area (Å²) >= 11 is 11.8. The van der Waals surface area contributed by atoms with E-state index in [1.54, 1.807) is 30.3 Å². The first kappa shape index (κ1) is 14.5. The fourth-order valence-corrected chi connectivity index (χ4v) is 2.14. The number of ether oxygens (including phenoxy) is 1. The fourth-order valence-electron chi connectivity index (χ4n) is 1.68. The molecule has 0 aliphatic carbocycles. The van der Waals surface area contributed by atoms with Crippen molar-refractivity contribution in [1.82, 2.24) is 0 Å². The Labute approximate surface area is 126 Å². The number of anilines is 2. The number of nitrogens with one attached hydrogen (secondary N) is 1. The number of hydrogen-bond acceptors (Lipinski definition) is 3. The van der Waals surface area contributed by atoms with Gasteiger partial charge in [0.05, 0.1) is 23.4 Å². The van der Waals surface area contributed by atoms with E-state index in [1.165, 1.54) is 13.2 Å². The van der Waals surface area contributed by atoms with E-state index < -0.39 is 0 Å². The lowest BCUT2D eigenvalue weighted by molar-refractivity contribution is 0.102. The smallest absolute Gasteiger partial charge is 0.259 e. The summed E-state index contributed by atoms with van der Waals surface area (Å²) in [7, 11) is 1.48. The van der Waals surface area contributed by atoms with Crippen LogP contribution in [0.15, 0.2) is 36.4 Å². The van der Waals surface area contributed by atoms with E-state index >= 15 is 0 Å². The van der Waals surface area contributed by atoms with Crippen molar-refractivity contribution in [1.29, 1.82) is 0 Å². The first-order chi connectivity index (χ1) is 9.51. The maximum atomic E-state index is 12.2. The second-order valence-electron chi connectivity index (χ2n) is 4.04. The molecule has 0 aliphatic heterocycles. The minimum atomic E-state index is -0.363. The van der Waals surface area contributed by atoms with Crippen LogP contribution in [0.1, 0.15) is 10.4 Å². The van der Waals surface area contributed by atoms with Gasteiger partial charge in [-0.25, -0.2) is 0 Å². The van der Waals surface area contributed by atoms with Gasteiger partial charge in [0, 0.05) is 10.7 Å². The lowest BCUT2D eigenvalue weighted by atomic mass is 10.1. The van der Waals surface area contributed by atoms with Gasteiger partial charge in [0.1, 0.15) is 5.75 Å². The average Bonchev–Trinajstić information content (AvgIpc) is 2.41. The second-order valence-corrected chi connectivity index (χ2v) is 4.88. The number of halogens is 2. The average molecular weight is 311 g/mol. The zero-order valence-corrected chi connectivity index (χ0v) is 12.1. The predicted octanol–water partition coefficient (Wildman–Crippen LogP) is 3.84. The molecule has 2 rings (SSSR count). The minimum Gasteiger partial charge on any atom is -0.496 e. The van der Waals surface area contributed by atoms with Gasteiger partial charge in [-0.1, -0.05) is 23.2 Å². The van der Waals surface area contributed by atoms with Gasteiger partial charge >= 0.3 is 0 Å². The van der Waals surface area contributed by atoms with Crippen LogP contribution < -0.4 is 15.8 Å². The lowest BCUT2D eigenvalue weighted by Crippen LogP contribution is -2.14. The zero-order valence-electron chi connectivity index (χ0n) is 10.6. The van der Waals surface area contributed by atoms with Crippen LogP contribution in [0.5, 0.6) is 5.75 Å². The van der Waals surface area contributed by atoms with Gasteiger partial charge < -0.3 is 15.8 Å². The van der Waals surface area contributed by atoms with Crippen molar-refractivity contribution < 1.29 is 9.53 Å². The Bertz CT molecular complexity index is 660. The van der Waals surface area contributed by atoms with Crippen LogP contribution in [0.25, 0.3) is 0 Å². The Balaban J connectivity index is 2.30. The summed E-state index contributed by atoms with van der Waals surface area (Å²) in [6.45, 7) is 0.